The predicted octanol–water partition coefficient (Wildman–Crippen LogP) is 2.43. The van der Waals surface area contributed by atoms with Gasteiger partial charge < -0.3 is 15.7 Å². The van der Waals surface area contributed by atoms with E-state index in [1.54, 1.807) is 23.1 Å². The molecule has 0 spiro atoms. The molecule has 0 saturated carbocycles. The van der Waals surface area contributed by atoms with Gasteiger partial charge in [-0.05, 0) is 18.1 Å². The van der Waals surface area contributed by atoms with Crippen LogP contribution in [0.2, 0.25) is 0 Å². The monoisotopic (exact) mass is 331 g/mol. The summed E-state index contributed by atoms with van der Waals surface area (Å²) < 4.78 is 1.59. The minimum Gasteiger partial charge on any atom is -0.392 e. The largest absolute Gasteiger partial charge is 0.392 e. The minimum absolute atomic E-state index is 0.123. The Labute approximate surface area is 142 Å². The van der Waals surface area contributed by atoms with Crippen LogP contribution in [0.5, 0.6) is 0 Å². The van der Waals surface area contributed by atoms with Crippen LogP contribution >= 0.6 is 0 Å². The summed E-state index contributed by atoms with van der Waals surface area (Å²) in [6, 6.07) is 7.01. The molecule has 130 valence electrons. The van der Waals surface area contributed by atoms with Gasteiger partial charge >= 0.3 is 6.03 Å². The number of urea groups is 1. The van der Waals surface area contributed by atoms with Gasteiger partial charge in [0.2, 0.25) is 0 Å². The van der Waals surface area contributed by atoms with Gasteiger partial charge in [0, 0.05) is 12.0 Å². The molecule has 1 aromatic carbocycles. The van der Waals surface area contributed by atoms with Crippen LogP contribution in [-0.2, 0) is 0 Å². The molecule has 0 aliphatic rings. The van der Waals surface area contributed by atoms with Crippen molar-refractivity contribution in [2.75, 3.05) is 11.9 Å². The van der Waals surface area contributed by atoms with Crippen LogP contribution < -0.4 is 10.6 Å². The molecule has 0 saturated heterocycles. The fourth-order valence-electron chi connectivity index (χ4n) is 2.60. The van der Waals surface area contributed by atoms with E-state index in [9.17, 15) is 9.90 Å². The van der Waals surface area contributed by atoms with E-state index in [1.165, 1.54) is 0 Å². The van der Waals surface area contributed by atoms with E-state index >= 15 is 0 Å². The molecule has 7 nitrogen and oxygen atoms in total. The molecule has 2 amide bonds. The van der Waals surface area contributed by atoms with Gasteiger partial charge in [-0.2, -0.15) is 0 Å². The van der Waals surface area contributed by atoms with Crippen molar-refractivity contribution < 1.29 is 9.90 Å². The topological polar surface area (TPSA) is 92.1 Å². The van der Waals surface area contributed by atoms with E-state index in [0.717, 1.165) is 5.69 Å². The number of anilines is 1. The first-order valence-electron chi connectivity index (χ1n) is 8.00. The fourth-order valence-corrected chi connectivity index (χ4v) is 2.60. The number of benzene rings is 1. The summed E-state index contributed by atoms with van der Waals surface area (Å²) in [4.78, 5) is 12.2. The second kappa shape index (κ2) is 7.44. The van der Waals surface area contributed by atoms with Gasteiger partial charge in [-0.1, -0.05) is 45.0 Å². The maximum atomic E-state index is 12.2. The van der Waals surface area contributed by atoms with Gasteiger partial charge in [-0.15, -0.1) is 5.10 Å². The zero-order valence-electron chi connectivity index (χ0n) is 14.5. The second-order valence-electron chi connectivity index (χ2n) is 6.85. The van der Waals surface area contributed by atoms with E-state index in [2.05, 4.69) is 20.9 Å². The third kappa shape index (κ3) is 4.32. The Morgan fingerprint density at radius 2 is 2.04 bits per heavy atom. The molecule has 0 unspecified atom stereocenters. The van der Waals surface area contributed by atoms with E-state index in [0.29, 0.717) is 12.2 Å². The normalized spacial score (nSPS) is 12.9. The molecule has 24 heavy (non-hydrogen) atoms. The zero-order valence-corrected chi connectivity index (χ0v) is 14.5. The number of para-hydroxylation sites is 2. The van der Waals surface area contributed by atoms with Crippen molar-refractivity contribution in [3.05, 3.63) is 36.7 Å². The van der Waals surface area contributed by atoms with Gasteiger partial charge in [0.1, 0.15) is 0 Å². The molecule has 1 heterocycles. The van der Waals surface area contributed by atoms with Gasteiger partial charge in [0.15, 0.2) is 0 Å². The minimum atomic E-state index is -0.500. The average molecular weight is 331 g/mol. The van der Waals surface area contributed by atoms with E-state index in [1.807, 2.05) is 45.9 Å². The highest BCUT2D eigenvalue weighted by atomic mass is 16.3. The van der Waals surface area contributed by atoms with Crippen LogP contribution in [0.1, 0.15) is 27.7 Å². The summed E-state index contributed by atoms with van der Waals surface area (Å²) in [5, 5.41) is 23.6. The number of nitrogens with one attached hydrogen (secondary N) is 2. The molecule has 1 atom stereocenters. The molecule has 3 N–H and O–H groups in total. The van der Waals surface area contributed by atoms with Crippen LogP contribution in [-0.4, -0.2) is 38.8 Å². The Bertz CT molecular complexity index is 667. The standard InChI is InChI=1S/C17H25N5O2/c1-12(2)15(23)17(3,4)11-18-16(24)20-13-7-5-6-8-14(13)22-10-9-19-21-22/h5-10,12,15,23H,11H2,1-4H3,(H2,18,20,24)/t15-/m1/s1. The van der Waals surface area contributed by atoms with Crippen molar-refractivity contribution in [1.82, 2.24) is 20.3 Å². The predicted molar refractivity (Wildman–Crippen MR) is 93.0 cm³/mol. The van der Waals surface area contributed by atoms with Crippen molar-refractivity contribution in [2.45, 2.75) is 33.8 Å². The SMILES string of the molecule is CC(C)[C@@H](O)C(C)(C)CNC(=O)Nc1ccccc1-n1ccnn1. The molecule has 0 aliphatic heterocycles. The highest BCUT2D eigenvalue weighted by Crippen LogP contribution is 2.25. The number of rotatable bonds is 6. The Balaban J connectivity index is 2.01. The Morgan fingerprint density at radius 3 is 2.67 bits per heavy atom. The van der Waals surface area contributed by atoms with Crippen LogP contribution in [0.15, 0.2) is 36.7 Å². The van der Waals surface area contributed by atoms with Crippen molar-refractivity contribution in [3.63, 3.8) is 0 Å². The average Bonchev–Trinajstić information content (AvgIpc) is 3.07. The van der Waals surface area contributed by atoms with Crippen molar-refractivity contribution in [3.8, 4) is 5.69 Å². The zero-order chi connectivity index (χ0) is 17.7. The lowest BCUT2D eigenvalue weighted by molar-refractivity contribution is 0.0154. The van der Waals surface area contributed by atoms with Crippen molar-refractivity contribution in [2.24, 2.45) is 11.3 Å². The number of nitrogens with zero attached hydrogens (tertiary/aromatic N) is 3. The highest BCUT2D eigenvalue weighted by molar-refractivity contribution is 5.91. The fraction of sp³-hybridized carbons (Fsp3) is 0.471. The van der Waals surface area contributed by atoms with Crippen molar-refractivity contribution >= 4 is 11.7 Å². The Morgan fingerprint density at radius 1 is 1.33 bits per heavy atom. The first-order chi connectivity index (χ1) is 11.3. The van der Waals surface area contributed by atoms with E-state index < -0.39 is 11.5 Å². The van der Waals surface area contributed by atoms with Crippen LogP contribution in [0.25, 0.3) is 5.69 Å². The Kier molecular flexibility index (Phi) is 5.56. The Hall–Kier alpha value is -2.41. The summed E-state index contributed by atoms with van der Waals surface area (Å²) in [7, 11) is 0. The first kappa shape index (κ1) is 17.9. The summed E-state index contributed by atoms with van der Waals surface area (Å²) >= 11 is 0. The van der Waals surface area contributed by atoms with Gasteiger partial charge in [0.25, 0.3) is 0 Å². The van der Waals surface area contributed by atoms with E-state index in [-0.39, 0.29) is 11.9 Å². The van der Waals surface area contributed by atoms with Crippen LogP contribution in [0.4, 0.5) is 10.5 Å². The number of hydrogen-bond acceptors (Lipinski definition) is 4. The van der Waals surface area contributed by atoms with Gasteiger partial charge in [0.05, 0.1) is 29.9 Å². The molecule has 7 heteroatoms. The first-order valence-corrected chi connectivity index (χ1v) is 8.00. The van der Waals surface area contributed by atoms with Crippen LogP contribution in [0, 0.1) is 11.3 Å². The number of hydrogen-bond donors (Lipinski definition) is 3. The third-order valence-electron chi connectivity index (χ3n) is 3.96. The molecule has 0 aliphatic carbocycles. The quantitative estimate of drug-likeness (QED) is 0.758. The molecule has 0 fully saturated rings. The van der Waals surface area contributed by atoms with Gasteiger partial charge in [-0.3, -0.25) is 0 Å². The number of aliphatic hydroxyl groups is 1. The summed E-state index contributed by atoms with van der Waals surface area (Å²) in [5.74, 6) is 0.123. The molecular formula is C17H25N5O2. The number of carbonyl (C=O) groups is 1. The summed E-state index contributed by atoms with van der Waals surface area (Å²) in [6.07, 6.45) is 2.79. The lowest BCUT2D eigenvalue weighted by atomic mass is 9.81. The van der Waals surface area contributed by atoms with E-state index in [4.69, 9.17) is 0 Å². The lowest BCUT2D eigenvalue weighted by Crippen LogP contribution is -2.44. The number of aromatic nitrogens is 3. The summed E-state index contributed by atoms with van der Waals surface area (Å²) in [6.45, 7) is 8.15. The second-order valence-corrected chi connectivity index (χ2v) is 6.85. The van der Waals surface area contributed by atoms with Crippen molar-refractivity contribution in [1.29, 1.82) is 0 Å². The highest BCUT2D eigenvalue weighted by Gasteiger charge is 2.30. The molecule has 0 bridgehead atoms. The molecule has 2 aromatic rings. The number of aliphatic hydroxyl groups excluding tert-OH is 1. The number of carbonyl (C=O) groups excluding carboxylic acids is 1. The maximum Gasteiger partial charge on any atom is 0.319 e. The molecular weight excluding hydrogens is 306 g/mol. The smallest absolute Gasteiger partial charge is 0.319 e. The summed E-state index contributed by atoms with van der Waals surface area (Å²) in [5.41, 5.74) is 0.936. The maximum absolute atomic E-state index is 12.2. The molecule has 1 aromatic heterocycles. The molecule has 0 radical (unpaired) electrons. The lowest BCUT2D eigenvalue weighted by Gasteiger charge is -2.33. The number of amides is 2. The van der Waals surface area contributed by atoms with Crippen LogP contribution in [0.3, 0.4) is 0 Å². The third-order valence-corrected chi connectivity index (χ3v) is 3.96. The molecule has 2 rings (SSSR count). The van der Waals surface area contributed by atoms with Gasteiger partial charge in [-0.25, -0.2) is 9.48 Å².